The molecule has 35 heavy (non-hydrogen) atoms. The van der Waals surface area contributed by atoms with Crippen LogP contribution >= 0.6 is 0 Å². The highest BCUT2D eigenvalue weighted by atomic mass is 16.7. The zero-order chi connectivity index (χ0) is 24.0. The van der Waals surface area contributed by atoms with Crippen LogP contribution in [-0.2, 0) is 16.0 Å². The zero-order valence-corrected chi connectivity index (χ0v) is 19.5. The maximum Gasteiger partial charge on any atom is 0.229 e. The lowest BCUT2D eigenvalue weighted by Crippen LogP contribution is -2.27. The molecule has 2 aromatic carbocycles. The summed E-state index contributed by atoms with van der Waals surface area (Å²) in [6.07, 6.45) is 3.41. The number of aromatic nitrogens is 4. The highest BCUT2D eigenvalue weighted by molar-refractivity contribution is 5.73. The molecule has 1 aliphatic rings. The van der Waals surface area contributed by atoms with E-state index in [1.165, 1.54) is 0 Å². The van der Waals surface area contributed by atoms with E-state index in [1.54, 1.807) is 26.7 Å². The minimum absolute atomic E-state index is 0.223. The third-order valence-corrected chi connectivity index (χ3v) is 5.58. The van der Waals surface area contributed by atoms with Crippen molar-refractivity contribution in [2.45, 2.75) is 6.54 Å². The number of nitrogens with one attached hydrogen (secondary N) is 1. The molecule has 0 radical (unpaired) electrons. The Kier molecular flexibility index (Phi) is 6.47. The standard InChI is InChI=1S/C26H25N5O4/c1-32-22-11-10-19(13-23(22)33-2)24-28-25(30-29-24)21-9-6-12-27-26(21)31(15-20-16-34-17-35-20)14-18-7-4-3-5-8-18/h3-13,16H,14-15,17H2,1-2H3,(H,28,29,30). The SMILES string of the molecule is COc1ccc(-c2nnc(-c3cccnc3N(CC3=COCO3)Cc3ccccc3)[nH]2)cc1OC. The molecule has 1 N–H and O–H groups in total. The first-order valence-electron chi connectivity index (χ1n) is 11.1. The van der Waals surface area contributed by atoms with Crippen molar-refractivity contribution >= 4 is 5.82 Å². The summed E-state index contributed by atoms with van der Waals surface area (Å²) < 4.78 is 21.6. The van der Waals surface area contributed by atoms with Gasteiger partial charge in [-0.15, -0.1) is 10.2 Å². The molecule has 178 valence electrons. The number of H-pyrrole nitrogens is 1. The molecule has 9 nitrogen and oxygen atoms in total. The summed E-state index contributed by atoms with van der Waals surface area (Å²) in [5, 5.41) is 8.81. The van der Waals surface area contributed by atoms with Gasteiger partial charge in [0.25, 0.3) is 0 Å². The van der Waals surface area contributed by atoms with E-state index in [0.29, 0.717) is 36.2 Å². The Morgan fingerprint density at radius 3 is 2.51 bits per heavy atom. The lowest BCUT2D eigenvalue weighted by atomic mass is 10.1. The Balaban J connectivity index is 1.49. The molecular formula is C26H25N5O4. The van der Waals surface area contributed by atoms with Gasteiger partial charge in [-0.3, -0.25) is 0 Å². The predicted octanol–water partition coefficient (Wildman–Crippen LogP) is 4.40. The van der Waals surface area contributed by atoms with Crippen LogP contribution in [0.25, 0.3) is 22.8 Å². The van der Waals surface area contributed by atoms with Crippen molar-refractivity contribution < 1.29 is 18.9 Å². The number of rotatable bonds is 9. The summed E-state index contributed by atoms with van der Waals surface area (Å²) in [6.45, 7) is 1.35. The molecular weight excluding hydrogens is 446 g/mol. The van der Waals surface area contributed by atoms with E-state index in [2.05, 4.69) is 32.2 Å². The third-order valence-electron chi connectivity index (χ3n) is 5.58. The van der Waals surface area contributed by atoms with Gasteiger partial charge in [0, 0.05) is 18.3 Å². The topological polar surface area (TPSA) is 94.6 Å². The first-order valence-corrected chi connectivity index (χ1v) is 11.1. The van der Waals surface area contributed by atoms with Gasteiger partial charge in [0.2, 0.25) is 6.79 Å². The van der Waals surface area contributed by atoms with Gasteiger partial charge >= 0.3 is 0 Å². The van der Waals surface area contributed by atoms with Crippen LogP contribution in [0.3, 0.4) is 0 Å². The highest BCUT2D eigenvalue weighted by Gasteiger charge is 2.21. The highest BCUT2D eigenvalue weighted by Crippen LogP contribution is 2.33. The van der Waals surface area contributed by atoms with Gasteiger partial charge in [-0.2, -0.15) is 0 Å². The van der Waals surface area contributed by atoms with Crippen LogP contribution in [0, 0.1) is 0 Å². The Labute approximate surface area is 203 Å². The maximum absolute atomic E-state index is 5.60. The molecule has 0 unspecified atom stereocenters. The smallest absolute Gasteiger partial charge is 0.229 e. The molecule has 9 heteroatoms. The van der Waals surface area contributed by atoms with Crippen molar-refractivity contribution in [3.63, 3.8) is 0 Å². The van der Waals surface area contributed by atoms with Gasteiger partial charge in [0.1, 0.15) is 12.1 Å². The van der Waals surface area contributed by atoms with Crippen LogP contribution in [0.4, 0.5) is 5.82 Å². The number of hydrogen-bond acceptors (Lipinski definition) is 8. The Morgan fingerprint density at radius 1 is 0.914 bits per heavy atom. The van der Waals surface area contributed by atoms with Gasteiger partial charge in [-0.25, -0.2) is 4.98 Å². The minimum Gasteiger partial charge on any atom is -0.493 e. The number of methoxy groups -OCH3 is 2. The van der Waals surface area contributed by atoms with E-state index in [9.17, 15) is 0 Å². The summed E-state index contributed by atoms with van der Waals surface area (Å²) in [6, 6.07) is 19.7. The number of pyridine rings is 1. The molecule has 4 aromatic rings. The van der Waals surface area contributed by atoms with E-state index >= 15 is 0 Å². The molecule has 3 heterocycles. The van der Waals surface area contributed by atoms with E-state index in [0.717, 1.165) is 28.3 Å². The number of anilines is 1. The van der Waals surface area contributed by atoms with Gasteiger partial charge in [0.15, 0.2) is 28.9 Å². The summed E-state index contributed by atoms with van der Waals surface area (Å²) in [5.74, 6) is 3.97. The first-order chi connectivity index (χ1) is 17.2. The van der Waals surface area contributed by atoms with Crippen molar-refractivity contribution in [2.24, 2.45) is 0 Å². The fourth-order valence-corrected chi connectivity index (χ4v) is 3.88. The number of aromatic amines is 1. The first kappa shape index (κ1) is 22.3. The van der Waals surface area contributed by atoms with Gasteiger partial charge in [-0.1, -0.05) is 30.3 Å². The molecule has 0 aliphatic carbocycles. The van der Waals surface area contributed by atoms with Gasteiger partial charge < -0.3 is 28.8 Å². The Hall–Kier alpha value is -4.53. The summed E-state index contributed by atoms with van der Waals surface area (Å²) in [4.78, 5) is 10.2. The van der Waals surface area contributed by atoms with Crippen molar-refractivity contribution in [1.82, 2.24) is 20.2 Å². The molecule has 0 saturated heterocycles. The van der Waals surface area contributed by atoms with Crippen LogP contribution in [0.15, 0.2) is 78.9 Å². The normalized spacial score (nSPS) is 12.5. The summed E-state index contributed by atoms with van der Waals surface area (Å²) >= 11 is 0. The number of benzene rings is 2. The minimum atomic E-state index is 0.223. The molecule has 0 saturated carbocycles. The van der Waals surface area contributed by atoms with Crippen molar-refractivity contribution in [1.29, 1.82) is 0 Å². The fraction of sp³-hybridized carbons (Fsp3) is 0.192. The second kappa shape index (κ2) is 10.2. The molecule has 0 fully saturated rings. The molecule has 1 aliphatic heterocycles. The lowest BCUT2D eigenvalue weighted by molar-refractivity contribution is 0.0797. The molecule has 0 amide bonds. The van der Waals surface area contributed by atoms with E-state index in [4.69, 9.17) is 23.9 Å². The van der Waals surface area contributed by atoms with Crippen molar-refractivity contribution in [2.75, 3.05) is 32.5 Å². The Morgan fingerprint density at radius 2 is 1.74 bits per heavy atom. The lowest BCUT2D eigenvalue weighted by Gasteiger charge is -2.25. The zero-order valence-electron chi connectivity index (χ0n) is 19.5. The van der Waals surface area contributed by atoms with Crippen LogP contribution in [0.5, 0.6) is 11.5 Å². The maximum atomic E-state index is 5.60. The average Bonchev–Trinajstić information content (AvgIpc) is 3.61. The Bertz CT molecular complexity index is 1320. The van der Waals surface area contributed by atoms with Gasteiger partial charge in [0.05, 0.1) is 26.3 Å². The number of ether oxygens (including phenoxy) is 4. The summed E-state index contributed by atoms with van der Waals surface area (Å²) in [7, 11) is 3.21. The number of hydrogen-bond donors (Lipinski definition) is 1. The second-order valence-corrected chi connectivity index (χ2v) is 7.82. The monoisotopic (exact) mass is 471 g/mol. The van der Waals surface area contributed by atoms with Gasteiger partial charge in [-0.05, 0) is 35.9 Å². The van der Waals surface area contributed by atoms with Crippen LogP contribution in [-0.4, -0.2) is 47.7 Å². The van der Waals surface area contributed by atoms with E-state index < -0.39 is 0 Å². The predicted molar refractivity (Wildman–Crippen MR) is 131 cm³/mol. The van der Waals surface area contributed by atoms with E-state index in [-0.39, 0.29) is 6.79 Å². The van der Waals surface area contributed by atoms with Crippen molar-refractivity contribution in [3.05, 3.63) is 84.4 Å². The molecule has 2 aromatic heterocycles. The third kappa shape index (κ3) is 4.89. The van der Waals surface area contributed by atoms with Crippen LogP contribution < -0.4 is 14.4 Å². The van der Waals surface area contributed by atoms with Crippen molar-refractivity contribution in [3.8, 4) is 34.3 Å². The fourth-order valence-electron chi connectivity index (χ4n) is 3.88. The molecule has 0 bridgehead atoms. The number of nitrogens with zero attached hydrogens (tertiary/aromatic N) is 4. The molecule has 0 atom stereocenters. The van der Waals surface area contributed by atoms with Crippen LogP contribution in [0.2, 0.25) is 0 Å². The quantitative estimate of drug-likeness (QED) is 0.384. The molecule has 5 rings (SSSR count). The largest absolute Gasteiger partial charge is 0.493 e. The average molecular weight is 472 g/mol. The molecule has 0 spiro atoms. The van der Waals surface area contributed by atoms with E-state index in [1.807, 2.05) is 48.5 Å². The summed E-state index contributed by atoms with van der Waals surface area (Å²) in [5.41, 5.74) is 2.80. The second-order valence-electron chi connectivity index (χ2n) is 7.82. The van der Waals surface area contributed by atoms with Crippen LogP contribution in [0.1, 0.15) is 5.56 Å².